The number of ether oxygens (including phenoxy) is 1. The second kappa shape index (κ2) is 9.03. The first-order chi connectivity index (χ1) is 11.1. The van der Waals surface area contributed by atoms with E-state index in [1.807, 2.05) is 24.5 Å². The molecule has 0 aliphatic carbocycles. The van der Waals surface area contributed by atoms with Crippen molar-refractivity contribution >= 4 is 23.4 Å². The Hall–Kier alpha value is -1.40. The Labute approximate surface area is 142 Å². The van der Waals surface area contributed by atoms with Crippen LogP contribution in [0.25, 0.3) is 0 Å². The highest BCUT2D eigenvalue weighted by molar-refractivity contribution is 7.98. The fraction of sp³-hybridized carbons (Fsp3) is 0.588. The smallest absolute Gasteiger partial charge is 0.237 e. The van der Waals surface area contributed by atoms with E-state index in [1.165, 1.54) is 0 Å². The van der Waals surface area contributed by atoms with Crippen molar-refractivity contribution in [1.82, 2.24) is 5.32 Å². The third-order valence-electron chi connectivity index (χ3n) is 4.16. The minimum Gasteiger partial charge on any atom is -0.497 e. The van der Waals surface area contributed by atoms with Gasteiger partial charge in [0.1, 0.15) is 5.75 Å². The zero-order chi connectivity index (χ0) is 16.7. The van der Waals surface area contributed by atoms with E-state index in [4.69, 9.17) is 10.5 Å². The second-order valence-electron chi connectivity index (χ2n) is 5.88. The predicted octanol–water partition coefficient (Wildman–Crippen LogP) is 1.86. The minimum absolute atomic E-state index is 0.0310. The number of nitrogens with two attached hydrogens (primary N) is 1. The third-order valence-corrected chi connectivity index (χ3v) is 4.80. The number of methoxy groups -OCH3 is 1. The molecule has 23 heavy (non-hydrogen) atoms. The van der Waals surface area contributed by atoms with E-state index in [1.54, 1.807) is 18.9 Å². The maximum atomic E-state index is 12.2. The lowest BCUT2D eigenvalue weighted by atomic mass is 10.0. The zero-order valence-electron chi connectivity index (χ0n) is 14.0. The van der Waals surface area contributed by atoms with Crippen molar-refractivity contribution in [2.45, 2.75) is 31.3 Å². The second-order valence-corrected chi connectivity index (χ2v) is 6.87. The van der Waals surface area contributed by atoms with Crippen LogP contribution in [-0.4, -0.2) is 50.2 Å². The number of benzene rings is 1. The minimum atomic E-state index is -0.408. The summed E-state index contributed by atoms with van der Waals surface area (Å²) in [7, 11) is 1.67. The molecule has 0 radical (unpaired) electrons. The number of hydrogen-bond acceptors (Lipinski definition) is 5. The maximum absolute atomic E-state index is 12.2. The molecule has 1 aromatic rings. The van der Waals surface area contributed by atoms with Crippen molar-refractivity contribution in [2.75, 3.05) is 37.1 Å². The van der Waals surface area contributed by atoms with Gasteiger partial charge in [0, 0.05) is 30.9 Å². The summed E-state index contributed by atoms with van der Waals surface area (Å²) in [6.45, 7) is 1.81. The number of hydrogen-bond donors (Lipinski definition) is 2. The first-order valence-electron chi connectivity index (χ1n) is 8.08. The molecule has 0 bridgehead atoms. The Kier molecular flexibility index (Phi) is 7.05. The summed E-state index contributed by atoms with van der Waals surface area (Å²) in [5.41, 5.74) is 7.08. The average Bonchev–Trinajstić information content (AvgIpc) is 2.59. The van der Waals surface area contributed by atoms with Crippen LogP contribution in [0.5, 0.6) is 5.75 Å². The van der Waals surface area contributed by atoms with Gasteiger partial charge in [0.15, 0.2) is 0 Å². The Bertz CT molecular complexity index is 512. The predicted molar refractivity (Wildman–Crippen MR) is 97.3 cm³/mol. The van der Waals surface area contributed by atoms with Gasteiger partial charge in [-0.2, -0.15) is 11.8 Å². The summed E-state index contributed by atoms with van der Waals surface area (Å²) >= 11 is 1.71. The molecule has 1 heterocycles. The fourth-order valence-corrected chi connectivity index (χ4v) is 3.31. The van der Waals surface area contributed by atoms with Crippen molar-refractivity contribution in [1.29, 1.82) is 0 Å². The molecule has 5 nitrogen and oxygen atoms in total. The summed E-state index contributed by atoms with van der Waals surface area (Å²) in [5, 5.41) is 3.11. The first-order valence-corrected chi connectivity index (χ1v) is 9.47. The van der Waals surface area contributed by atoms with Gasteiger partial charge in [-0.05, 0) is 43.4 Å². The number of carbonyl (C=O) groups is 1. The fourth-order valence-electron chi connectivity index (χ4n) is 2.82. The Morgan fingerprint density at radius 3 is 3.13 bits per heavy atom. The van der Waals surface area contributed by atoms with E-state index in [9.17, 15) is 4.79 Å². The van der Waals surface area contributed by atoms with Crippen LogP contribution in [0.3, 0.4) is 0 Å². The lowest BCUT2D eigenvalue weighted by molar-refractivity contribution is -0.123. The van der Waals surface area contributed by atoms with Gasteiger partial charge in [-0.3, -0.25) is 4.79 Å². The SMILES string of the molecule is COc1cccc(N2CCCC(NC(=O)[C@@H](N)CCSC)C2)c1. The molecule has 6 heteroatoms. The lowest BCUT2D eigenvalue weighted by Gasteiger charge is -2.35. The average molecular weight is 337 g/mol. The van der Waals surface area contributed by atoms with E-state index in [0.717, 1.165) is 49.5 Å². The van der Waals surface area contributed by atoms with Crippen LogP contribution in [0.1, 0.15) is 19.3 Å². The number of anilines is 1. The molecule has 1 aliphatic heterocycles. The molecular weight excluding hydrogens is 310 g/mol. The molecule has 1 aromatic carbocycles. The normalized spacial score (nSPS) is 19.3. The molecule has 1 amide bonds. The summed E-state index contributed by atoms with van der Waals surface area (Å²) in [6.07, 6.45) is 4.81. The third kappa shape index (κ3) is 5.32. The van der Waals surface area contributed by atoms with Crippen molar-refractivity contribution < 1.29 is 9.53 Å². The van der Waals surface area contributed by atoms with E-state index in [0.29, 0.717) is 0 Å². The van der Waals surface area contributed by atoms with Crippen molar-refractivity contribution in [3.8, 4) is 5.75 Å². The zero-order valence-corrected chi connectivity index (χ0v) is 14.8. The molecule has 1 unspecified atom stereocenters. The van der Waals surface area contributed by atoms with Gasteiger partial charge in [-0.25, -0.2) is 0 Å². The van der Waals surface area contributed by atoms with Crippen LogP contribution >= 0.6 is 11.8 Å². The molecular formula is C17H27N3O2S. The number of nitrogens with zero attached hydrogens (tertiary/aromatic N) is 1. The summed E-state index contributed by atoms with van der Waals surface area (Å²) in [5.74, 6) is 1.74. The topological polar surface area (TPSA) is 67.6 Å². The van der Waals surface area contributed by atoms with Crippen LogP contribution < -0.4 is 20.7 Å². The van der Waals surface area contributed by atoms with Gasteiger partial charge in [0.2, 0.25) is 5.91 Å². The molecule has 1 saturated heterocycles. The van der Waals surface area contributed by atoms with Crippen LogP contribution in [0, 0.1) is 0 Å². The summed E-state index contributed by atoms with van der Waals surface area (Å²) in [6, 6.07) is 7.80. The maximum Gasteiger partial charge on any atom is 0.237 e. The standard InChI is InChI=1S/C17H27N3O2S/c1-22-15-7-3-6-14(11-15)20-9-4-5-13(12-20)19-17(21)16(18)8-10-23-2/h3,6-7,11,13,16H,4-5,8-10,12,18H2,1-2H3,(H,19,21)/t13?,16-/m0/s1. The van der Waals surface area contributed by atoms with E-state index in [-0.39, 0.29) is 11.9 Å². The largest absolute Gasteiger partial charge is 0.497 e. The molecule has 1 aliphatic rings. The van der Waals surface area contributed by atoms with Gasteiger partial charge in [0.25, 0.3) is 0 Å². The van der Waals surface area contributed by atoms with Crippen molar-refractivity contribution in [3.63, 3.8) is 0 Å². The van der Waals surface area contributed by atoms with Crippen LogP contribution in [0.2, 0.25) is 0 Å². The molecule has 0 saturated carbocycles. The Morgan fingerprint density at radius 2 is 2.39 bits per heavy atom. The summed E-state index contributed by atoms with van der Waals surface area (Å²) in [4.78, 5) is 14.5. The number of thioether (sulfide) groups is 1. The molecule has 0 spiro atoms. The molecule has 3 N–H and O–H groups in total. The number of carbonyl (C=O) groups excluding carboxylic acids is 1. The van der Waals surface area contributed by atoms with E-state index < -0.39 is 6.04 Å². The molecule has 2 atom stereocenters. The Morgan fingerprint density at radius 1 is 1.57 bits per heavy atom. The molecule has 1 fully saturated rings. The van der Waals surface area contributed by atoms with Crippen LogP contribution in [-0.2, 0) is 4.79 Å². The monoisotopic (exact) mass is 337 g/mol. The number of piperidine rings is 1. The highest BCUT2D eigenvalue weighted by atomic mass is 32.2. The Balaban J connectivity index is 1.91. The van der Waals surface area contributed by atoms with Gasteiger partial charge < -0.3 is 20.7 Å². The number of nitrogens with one attached hydrogen (secondary N) is 1. The molecule has 128 valence electrons. The van der Waals surface area contributed by atoms with Crippen molar-refractivity contribution in [3.05, 3.63) is 24.3 Å². The van der Waals surface area contributed by atoms with Gasteiger partial charge in [-0.1, -0.05) is 6.07 Å². The van der Waals surface area contributed by atoms with Crippen molar-refractivity contribution in [2.24, 2.45) is 5.73 Å². The number of amides is 1. The summed E-state index contributed by atoms with van der Waals surface area (Å²) < 4.78 is 5.29. The van der Waals surface area contributed by atoms with Gasteiger partial charge in [0.05, 0.1) is 13.2 Å². The van der Waals surface area contributed by atoms with E-state index in [2.05, 4.69) is 16.3 Å². The highest BCUT2D eigenvalue weighted by Gasteiger charge is 2.23. The van der Waals surface area contributed by atoms with E-state index >= 15 is 0 Å². The lowest BCUT2D eigenvalue weighted by Crippen LogP contribution is -2.52. The molecule has 0 aromatic heterocycles. The van der Waals surface area contributed by atoms with Crippen LogP contribution in [0.4, 0.5) is 5.69 Å². The molecule has 2 rings (SSSR count). The van der Waals surface area contributed by atoms with Gasteiger partial charge in [-0.15, -0.1) is 0 Å². The number of rotatable bonds is 7. The van der Waals surface area contributed by atoms with Crippen LogP contribution in [0.15, 0.2) is 24.3 Å². The first kappa shape index (κ1) is 17.9. The van der Waals surface area contributed by atoms with Gasteiger partial charge >= 0.3 is 0 Å². The quantitative estimate of drug-likeness (QED) is 0.795. The highest BCUT2D eigenvalue weighted by Crippen LogP contribution is 2.24.